The summed E-state index contributed by atoms with van der Waals surface area (Å²) >= 11 is 0. The molecule has 0 aromatic carbocycles. The molecule has 0 bridgehead atoms. The molecule has 36 heavy (non-hydrogen) atoms. The molecule has 3 aliphatic rings. The number of likely N-dealkylation sites (tertiary alicyclic amines) is 2. The first kappa shape index (κ1) is 27.0. The molecular weight excluding hydrogens is 460 g/mol. The zero-order chi connectivity index (χ0) is 25.7. The lowest BCUT2D eigenvalue weighted by atomic mass is 9.96. The van der Waals surface area contributed by atoms with Gasteiger partial charge in [0.05, 0.1) is 24.4 Å². The Morgan fingerprint density at radius 1 is 1.22 bits per heavy atom. The molecule has 1 aliphatic carbocycles. The molecule has 0 spiro atoms. The zero-order valence-corrected chi connectivity index (χ0v) is 21.7. The molecule has 3 heterocycles. The van der Waals surface area contributed by atoms with Crippen LogP contribution in [0.1, 0.15) is 62.9 Å². The summed E-state index contributed by atoms with van der Waals surface area (Å²) in [7, 11) is 0. The molecule has 1 aromatic heterocycles. The van der Waals surface area contributed by atoms with Gasteiger partial charge in [-0.25, -0.2) is 4.79 Å². The Balaban J connectivity index is 1.14. The van der Waals surface area contributed by atoms with Crippen LogP contribution in [0, 0.1) is 0 Å². The van der Waals surface area contributed by atoms with Crippen molar-refractivity contribution < 1.29 is 24.5 Å². The van der Waals surface area contributed by atoms with Crippen molar-refractivity contribution in [3.05, 3.63) is 29.1 Å². The first-order valence-corrected chi connectivity index (χ1v) is 13.5. The van der Waals surface area contributed by atoms with Gasteiger partial charge in [0.2, 0.25) is 5.91 Å². The van der Waals surface area contributed by atoms with Crippen LogP contribution in [0.25, 0.3) is 0 Å². The molecule has 1 unspecified atom stereocenters. The standard InChI is InChI=1S/C27H42N4O5/c1-27(2,35)18-31-13-5-8-24(31)25(32)29-23(26(33)34)11-14-30-16-21(17-30)36-15-12-20-10-9-19-6-3-4-7-22(19)28-20/h9-10,21,23-24,35H,3-8,11-18H2,1-2H3,(H,29,32)(H,33,34)/t23-,24?/m0/s1. The number of carboxylic acids is 1. The van der Waals surface area contributed by atoms with Gasteiger partial charge >= 0.3 is 5.97 Å². The number of aryl methyl sites for hydroxylation is 2. The number of ether oxygens (including phenoxy) is 1. The third-order valence-corrected chi connectivity index (χ3v) is 7.48. The Hall–Kier alpha value is -2.07. The van der Waals surface area contributed by atoms with E-state index in [9.17, 15) is 19.8 Å². The smallest absolute Gasteiger partial charge is 0.326 e. The summed E-state index contributed by atoms with van der Waals surface area (Å²) in [5.74, 6) is -1.27. The third kappa shape index (κ3) is 7.47. The quantitative estimate of drug-likeness (QED) is 0.393. The molecule has 200 valence electrons. The molecular formula is C27H42N4O5. The number of aliphatic carboxylic acids is 1. The number of fused-ring (bicyclic) bond motifs is 1. The van der Waals surface area contributed by atoms with E-state index < -0.39 is 17.6 Å². The van der Waals surface area contributed by atoms with Gasteiger partial charge in [0.25, 0.3) is 0 Å². The molecule has 0 saturated carbocycles. The number of pyridine rings is 1. The summed E-state index contributed by atoms with van der Waals surface area (Å²) in [5.41, 5.74) is 2.84. The maximum absolute atomic E-state index is 12.8. The number of β-amino-alcohol motifs (C(OH)–C–C–N with tert-alkyl or cyclic N) is 1. The number of carbonyl (C=O) groups is 2. The van der Waals surface area contributed by atoms with Crippen LogP contribution in [0.15, 0.2) is 12.1 Å². The number of carboxylic acid groups (broad SMARTS) is 1. The summed E-state index contributed by atoms with van der Waals surface area (Å²) in [6, 6.07) is 3.04. The number of hydrogen-bond donors (Lipinski definition) is 3. The summed E-state index contributed by atoms with van der Waals surface area (Å²) in [6.45, 7) is 7.35. The lowest BCUT2D eigenvalue weighted by Crippen LogP contribution is -2.55. The van der Waals surface area contributed by atoms with Crippen molar-refractivity contribution in [3.63, 3.8) is 0 Å². The first-order chi connectivity index (χ1) is 17.2. The van der Waals surface area contributed by atoms with Gasteiger partial charge in [-0.3, -0.25) is 19.6 Å². The molecule has 4 rings (SSSR count). The lowest BCUT2D eigenvalue weighted by molar-refractivity contribution is -0.143. The van der Waals surface area contributed by atoms with Gasteiger partial charge in [0.15, 0.2) is 0 Å². The predicted octanol–water partition coefficient (Wildman–Crippen LogP) is 1.40. The van der Waals surface area contributed by atoms with Crippen molar-refractivity contribution in [2.45, 2.75) is 89.0 Å². The lowest BCUT2D eigenvalue weighted by Gasteiger charge is -2.39. The fraction of sp³-hybridized carbons (Fsp3) is 0.741. The average Bonchev–Trinajstić information content (AvgIpc) is 3.25. The van der Waals surface area contributed by atoms with Crippen LogP contribution >= 0.6 is 0 Å². The molecule has 2 aliphatic heterocycles. The maximum atomic E-state index is 12.8. The van der Waals surface area contributed by atoms with E-state index in [-0.39, 0.29) is 18.1 Å². The number of rotatable bonds is 12. The van der Waals surface area contributed by atoms with Gasteiger partial charge in [-0.2, -0.15) is 0 Å². The summed E-state index contributed by atoms with van der Waals surface area (Å²) in [4.78, 5) is 33.5. The molecule has 3 N–H and O–H groups in total. The normalized spacial score (nSPS) is 22.1. The Labute approximate surface area is 214 Å². The monoisotopic (exact) mass is 502 g/mol. The summed E-state index contributed by atoms with van der Waals surface area (Å²) in [5, 5.41) is 22.5. The SMILES string of the molecule is CC(C)(O)CN1CCCC1C(=O)N[C@@H](CCN1CC(OCCc2ccc3c(n2)CCCC3)C1)C(=O)O. The predicted molar refractivity (Wildman–Crippen MR) is 136 cm³/mol. The number of nitrogens with zero attached hydrogens (tertiary/aromatic N) is 3. The van der Waals surface area contributed by atoms with Crippen LogP contribution in [0.2, 0.25) is 0 Å². The van der Waals surface area contributed by atoms with E-state index in [1.54, 1.807) is 13.8 Å². The first-order valence-electron chi connectivity index (χ1n) is 13.5. The maximum Gasteiger partial charge on any atom is 0.326 e. The van der Waals surface area contributed by atoms with Crippen LogP contribution in [-0.4, -0.2) is 100.0 Å². The van der Waals surface area contributed by atoms with E-state index in [1.165, 1.54) is 24.1 Å². The van der Waals surface area contributed by atoms with Crippen LogP contribution in [0.4, 0.5) is 0 Å². The molecule has 9 nitrogen and oxygen atoms in total. The molecule has 1 amide bonds. The van der Waals surface area contributed by atoms with Crippen molar-refractivity contribution in [2.24, 2.45) is 0 Å². The summed E-state index contributed by atoms with van der Waals surface area (Å²) in [6.07, 6.45) is 7.58. The second kappa shape index (κ2) is 12.0. The van der Waals surface area contributed by atoms with Gasteiger partial charge in [-0.1, -0.05) is 6.07 Å². The Morgan fingerprint density at radius 3 is 2.75 bits per heavy atom. The number of nitrogens with one attached hydrogen (secondary N) is 1. The average molecular weight is 503 g/mol. The van der Waals surface area contributed by atoms with Crippen LogP contribution in [0.3, 0.4) is 0 Å². The minimum Gasteiger partial charge on any atom is -0.480 e. The van der Waals surface area contributed by atoms with Gasteiger partial charge < -0.3 is 20.3 Å². The van der Waals surface area contributed by atoms with Gasteiger partial charge in [-0.15, -0.1) is 0 Å². The highest BCUT2D eigenvalue weighted by atomic mass is 16.5. The number of aliphatic hydroxyl groups is 1. The second-order valence-corrected chi connectivity index (χ2v) is 11.2. The van der Waals surface area contributed by atoms with Gasteiger partial charge in [0.1, 0.15) is 6.04 Å². The molecule has 0 radical (unpaired) electrons. The van der Waals surface area contributed by atoms with Crippen molar-refractivity contribution in [1.29, 1.82) is 0 Å². The second-order valence-electron chi connectivity index (χ2n) is 11.2. The molecule has 2 fully saturated rings. The Morgan fingerprint density at radius 2 is 2.00 bits per heavy atom. The van der Waals surface area contributed by atoms with Crippen molar-refractivity contribution >= 4 is 11.9 Å². The van der Waals surface area contributed by atoms with E-state index >= 15 is 0 Å². The third-order valence-electron chi connectivity index (χ3n) is 7.48. The van der Waals surface area contributed by atoms with E-state index in [1.807, 2.05) is 4.90 Å². The number of amides is 1. The summed E-state index contributed by atoms with van der Waals surface area (Å²) < 4.78 is 6.00. The van der Waals surface area contributed by atoms with Crippen molar-refractivity contribution in [3.8, 4) is 0 Å². The molecule has 2 atom stereocenters. The minimum absolute atomic E-state index is 0.161. The van der Waals surface area contributed by atoms with Gasteiger partial charge in [0, 0.05) is 44.0 Å². The molecule has 2 saturated heterocycles. The van der Waals surface area contributed by atoms with Crippen molar-refractivity contribution in [2.75, 3.05) is 39.3 Å². The molecule has 1 aromatic rings. The zero-order valence-electron chi connectivity index (χ0n) is 21.7. The largest absolute Gasteiger partial charge is 0.480 e. The van der Waals surface area contributed by atoms with Crippen molar-refractivity contribution in [1.82, 2.24) is 20.1 Å². The van der Waals surface area contributed by atoms with Crippen LogP contribution < -0.4 is 5.32 Å². The fourth-order valence-electron chi connectivity index (χ4n) is 5.55. The Bertz CT molecular complexity index is 912. The van der Waals surface area contributed by atoms with E-state index in [2.05, 4.69) is 22.3 Å². The molecule has 9 heteroatoms. The fourth-order valence-corrected chi connectivity index (χ4v) is 5.55. The Kier molecular flexibility index (Phi) is 8.98. The van der Waals surface area contributed by atoms with E-state index in [0.29, 0.717) is 32.5 Å². The topological polar surface area (TPSA) is 115 Å². The van der Waals surface area contributed by atoms with Crippen LogP contribution in [0.5, 0.6) is 0 Å². The van der Waals surface area contributed by atoms with Crippen LogP contribution in [-0.2, 0) is 33.6 Å². The minimum atomic E-state index is -1.01. The van der Waals surface area contributed by atoms with E-state index in [0.717, 1.165) is 51.0 Å². The highest BCUT2D eigenvalue weighted by molar-refractivity contribution is 5.87. The highest BCUT2D eigenvalue weighted by Crippen LogP contribution is 2.22. The highest BCUT2D eigenvalue weighted by Gasteiger charge is 2.36. The van der Waals surface area contributed by atoms with E-state index in [4.69, 9.17) is 9.72 Å². The number of hydrogen-bond acceptors (Lipinski definition) is 7. The van der Waals surface area contributed by atoms with Gasteiger partial charge in [-0.05, 0) is 77.0 Å². The number of aromatic nitrogens is 1. The number of carbonyl (C=O) groups excluding carboxylic acids is 1.